The van der Waals surface area contributed by atoms with Crippen molar-refractivity contribution < 1.29 is 4.43 Å². The van der Waals surface area contributed by atoms with E-state index in [2.05, 4.69) is 4.57 Å². The van der Waals surface area contributed by atoms with E-state index in [1.54, 1.807) is 0 Å². The Bertz CT molecular complexity index is 40.7. The molecule has 0 saturated carbocycles. The summed E-state index contributed by atoms with van der Waals surface area (Å²) in [7, 11) is 3.77. The number of hydrogen-bond acceptors (Lipinski definition) is 2. The molecule has 0 radical (unpaired) electrons. The molecule has 0 fully saturated rings. The fourth-order valence-corrected chi connectivity index (χ4v) is 0.822. The van der Waals surface area contributed by atoms with E-state index in [-0.39, 0.29) is 9.92 Å². The molecule has 0 amide bonds. The van der Waals surface area contributed by atoms with Crippen LogP contribution in [-0.4, -0.2) is 35.2 Å². The minimum absolute atomic E-state index is 0.321. The number of nitrogens with zero attached hydrogens (tertiary/aromatic N) is 1. The molecule has 0 atom stereocenters. The lowest BCUT2D eigenvalue weighted by Crippen LogP contribution is -2.20. The van der Waals surface area contributed by atoms with Gasteiger partial charge in [0.15, 0.2) is 0 Å². The van der Waals surface area contributed by atoms with E-state index in [0.717, 1.165) is 6.61 Å². The summed E-state index contributed by atoms with van der Waals surface area (Å²) in [5.74, 6) is 0. The molecule has 0 aliphatic heterocycles. The summed E-state index contributed by atoms with van der Waals surface area (Å²) in [4.78, 5) is 0. The molecular weight excluding hydrogens is 106 g/mol. The van der Waals surface area contributed by atoms with Crippen molar-refractivity contribution in [1.29, 1.82) is 0 Å². The minimum atomic E-state index is -0.321. The van der Waals surface area contributed by atoms with Crippen molar-refractivity contribution in [2.24, 2.45) is 0 Å². The Balaban J connectivity index is 2.68. The van der Waals surface area contributed by atoms with Gasteiger partial charge in [0.25, 0.3) is 0 Å². The SMILES string of the molecule is CCO[SiH2]N(C)C. The molecule has 0 heterocycles. The first-order chi connectivity index (χ1) is 3.27. The molecule has 3 heteroatoms. The quantitative estimate of drug-likeness (QED) is 0.468. The lowest BCUT2D eigenvalue weighted by molar-refractivity contribution is 0.326. The van der Waals surface area contributed by atoms with Crippen LogP contribution >= 0.6 is 0 Å². The average molecular weight is 119 g/mol. The standard InChI is InChI=1S/C4H13NOSi/c1-4-6-7-5(2)3/h4,7H2,1-3H3. The third kappa shape index (κ3) is 6.14. The zero-order chi connectivity index (χ0) is 5.70. The summed E-state index contributed by atoms with van der Waals surface area (Å²) in [6, 6.07) is 0. The van der Waals surface area contributed by atoms with E-state index in [1.165, 1.54) is 0 Å². The maximum Gasteiger partial charge on any atom is 0.238 e. The highest BCUT2D eigenvalue weighted by atomic mass is 28.2. The van der Waals surface area contributed by atoms with Crippen molar-refractivity contribution >= 4 is 9.92 Å². The smallest absolute Gasteiger partial charge is 0.238 e. The molecule has 0 aromatic heterocycles. The van der Waals surface area contributed by atoms with Crippen LogP contribution in [0.1, 0.15) is 6.92 Å². The van der Waals surface area contributed by atoms with Crippen molar-refractivity contribution in [3.63, 3.8) is 0 Å². The highest BCUT2D eigenvalue weighted by molar-refractivity contribution is 6.22. The van der Waals surface area contributed by atoms with Crippen LogP contribution in [0, 0.1) is 0 Å². The van der Waals surface area contributed by atoms with Crippen LogP contribution in [0.4, 0.5) is 0 Å². The van der Waals surface area contributed by atoms with Crippen LogP contribution in [0.3, 0.4) is 0 Å². The molecule has 0 aliphatic carbocycles. The van der Waals surface area contributed by atoms with Gasteiger partial charge in [-0.05, 0) is 21.0 Å². The van der Waals surface area contributed by atoms with Crippen molar-refractivity contribution in [2.75, 3.05) is 20.7 Å². The predicted molar refractivity (Wildman–Crippen MR) is 33.9 cm³/mol. The van der Waals surface area contributed by atoms with Gasteiger partial charge in [-0.25, -0.2) is 0 Å². The second kappa shape index (κ2) is 4.30. The van der Waals surface area contributed by atoms with Gasteiger partial charge in [-0.2, -0.15) is 0 Å². The molecule has 0 aromatic carbocycles. The molecule has 0 spiro atoms. The summed E-state index contributed by atoms with van der Waals surface area (Å²) >= 11 is 0. The molecular formula is C4H13NOSi. The Hall–Kier alpha value is 0.137. The second-order valence-electron chi connectivity index (χ2n) is 1.70. The van der Waals surface area contributed by atoms with Gasteiger partial charge in [0, 0.05) is 6.61 Å². The maximum atomic E-state index is 5.16. The molecule has 7 heavy (non-hydrogen) atoms. The molecule has 0 rings (SSSR count). The van der Waals surface area contributed by atoms with Gasteiger partial charge in [-0.15, -0.1) is 0 Å². The van der Waals surface area contributed by atoms with Crippen LogP contribution in [0.15, 0.2) is 0 Å². The summed E-state index contributed by atoms with van der Waals surface area (Å²) in [5, 5.41) is 0. The first-order valence-electron chi connectivity index (χ1n) is 2.50. The van der Waals surface area contributed by atoms with Gasteiger partial charge in [0.1, 0.15) is 0 Å². The molecule has 0 bridgehead atoms. The van der Waals surface area contributed by atoms with E-state index >= 15 is 0 Å². The van der Waals surface area contributed by atoms with Crippen LogP contribution in [0.5, 0.6) is 0 Å². The number of rotatable bonds is 3. The zero-order valence-corrected chi connectivity index (χ0v) is 6.68. The molecule has 0 N–H and O–H groups in total. The Labute approximate surface area is 47.5 Å². The molecule has 0 aromatic rings. The monoisotopic (exact) mass is 119 g/mol. The normalized spacial score (nSPS) is 12.0. The highest BCUT2D eigenvalue weighted by Crippen LogP contribution is 1.70. The summed E-state index contributed by atoms with van der Waals surface area (Å²) in [6.45, 7) is 2.89. The molecule has 0 unspecified atom stereocenters. The Morgan fingerprint density at radius 2 is 2.14 bits per heavy atom. The Morgan fingerprint density at radius 3 is 2.29 bits per heavy atom. The van der Waals surface area contributed by atoms with Gasteiger partial charge < -0.3 is 8.99 Å². The zero-order valence-electron chi connectivity index (χ0n) is 5.27. The largest absolute Gasteiger partial charge is 0.409 e. The maximum absolute atomic E-state index is 5.16. The van der Waals surface area contributed by atoms with E-state index < -0.39 is 0 Å². The van der Waals surface area contributed by atoms with E-state index in [0.29, 0.717) is 0 Å². The third-order valence-electron chi connectivity index (χ3n) is 0.554. The molecule has 0 aliphatic rings. The summed E-state index contributed by atoms with van der Waals surface area (Å²) in [6.07, 6.45) is 0. The third-order valence-corrected chi connectivity index (χ3v) is 1.66. The van der Waals surface area contributed by atoms with Crippen LogP contribution in [0.25, 0.3) is 0 Å². The van der Waals surface area contributed by atoms with Crippen LogP contribution in [-0.2, 0) is 4.43 Å². The first-order valence-corrected chi connectivity index (χ1v) is 3.70. The van der Waals surface area contributed by atoms with Gasteiger partial charge in [0.2, 0.25) is 9.92 Å². The first kappa shape index (κ1) is 7.14. The average Bonchev–Trinajstić information content (AvgIpc) is 1.61. The van der Waals surface area contributed by atoms with E-state index in [1.807, 2.05) is 21.0 Å². The van der Waals surface area contributed by atoms with Gasteiger partial charge in [-0.3, -0.25) is 0 Å². The lowest BCUT2D eigenvalue weighted by Gasteiger charge is -2.06. The van der Waals surface area contributed by atoms with Gasteiger partial charge >= 0.3 is 0 Å². The van der Waals surface area contributed by atoms with Crippen LogP contribution < -0.4 is 0 Å². The second-order valence-corrected chi connectivity index (χ2v) is 3.63. The lowest BCUT2D eigenvalue weighted by atomic mass is 10.9. The van der Waals surface area contributed by atoms with E-state index in [9.17, 15) is 0 Å². The van der Waals surface area contributed by atoms with Gasteiger partial charge in [0.05, 0.1) is 0 Å². The molecule has 2 nitrogen and oxygen atoms in total. The van der Waals surface area contributed by atoms with Crippen LogP contribution in [0.2, 0.25) is 0 Å². The predicted octanol–water partition coefficient (Wildman–Crippen LogP) is -0.417. The fourth-order valence-electron chi connectivity index (χ4n) is 0.274. The Kier molecular flexibility index (Phi) is 4.38. The van der Waals surface area contributed by atoms with Gasteiger partial charge in [-0.1, -0.05) is 0 Å². The minimum Gasteiger partial charge on any atom is -0.409 e. The van der Waals surface area contributed by atoms with E-state index in [4.69, 9.17) is 4.43 Å². The Morgan fingerprint density at radius 1 is 1.57 bits per heavy atom. The number of hydrogen-bond donors (Lipinski definition) is 0. The van der Waals surface area contributed by atoms with Crippen molar-refractivity contribution in [1.82, 2.24) is 4.57 Å². The highest BCUT2D eigenvalue weighted by Gasteiger charge is 1.85. The van der Waals surface area contributed by atoms with Crippen molar-refractivity contribution in [3.05, 3.63) is 0 Å². The van der Waals surface area contributed by atoms with Crippen molar-refractivity contribution in [2.45, 2.75) is 6.92 Å². The topological polar surface area (TPSA) is 12.5 Å². The summed E-state index contributed by atoms with van der Waals surface area (Å²) < 4.78 is 7.29. The summed E-state index contributed by atoms with van der Waals surface area (Å²) in [5.41, 5.74) is 0. The fraction of sp³-hybridized carbons (Fsp3) is 1.00. The molecule has 44 valence electrons. The van der Waals surface area contributed by atoms with Crippen molar-refractivity contribution in [3.8, 4) is 0 Å². The molecule has 0 saturated heterocycles.